The third-order valence-corrected chi connectivity index (χ3v) is 3.97. The van der Waals surface area contributed by atoms with E-state index in [2.05, 4.69) is 12.2 Å². The van der Waals surface area contributed by atoms with Crippen LogP contribution in [0.15, 0.2) is 12.2 Å². The summed E-state index contributed by atoms with van der Waals surface area (Å²) in [5.41, 5.74) is 0. The van der Waals surface area contributed by atoms with Crippen molar-refractivity contribution >= 4 is 0 Å². The lowest BCUT2D eigenvalue weighted by molar-refractivity contribution is 0.0746. The molecule has 0 amide bonds. The van der Waals surface area contributed by atoms with Gasteiger partial charge in [-0.25, -0.2) is 0 Å². The van der Waals surface area contributed by atoms with Gasteiger partial charge < -0.3 is 5.11 Å². The molecule has 5 atom stereocenters. The van der Waals surface area contributed by atoms with Gasteiger partial charge in [-0.2, -0.15) is 0 Å². The molecular formula is C10H14O. The minimum Gasteiger partial charge on any atom is -0.393 e. The van der Waals surface area contributed by atoms with Crippen LogP contribution < -0.4 is 0 Å². The second kappa shape index (κ2) is 1.89. The van der Waals surface area contributed by atoms with Gasteiger partial charge in [0.05, 0.1) is 6.10 Å². The molecule has 60 valence electrons. The molecule has 0 aliphatic heterocycles. The maximum atomic E-state index is 9.63. The molecule has 2 saturated carbocycles. The second-order valence-electron chi connectivity index (χ2n) is 4.37. The number of hydrogen-bond donors (Lipinski definition) is 1. The fraction of sp³-hybridized carbons (Fsp3) is 0.800. The van der Waals surface area contributed by atoms with E-state index in [1.807, 2.05) is 0 Å². The standard InChI is InChI=1S/C10H14O/c11-10-5-6-4-9(10)8-3-1-2-7(6)8/h1,3,6-11H,2,4-5H2/t6-,7-,8+,9-,10?/m0/s1. The highest BCUT2D eigenvalue weighted by molar-refractivity contribution is 5.14. The lowest BCUT2D eigenvalue weighted by Crippen LogP contribution is -2.27. The van der Waals surface area contributed by atoms with Gasteiger partial charge in [0.25, 0.3) is 0 Å². The predicted octanol–water partition coefficient (Wildman–Crippen LogP) is 1.58. The van der Waals surface area contributed by atoms with Crippen molar-refractivity contribution in [3.63, 3.8) is 0 Å². The molecule has 11 heavy (non-hydrogen) atoms. The van der Waals surface area contributed by atoms with Crippen LogP contribution in [0.3, 0.4) is 0 Å². The molecule has 0 aromatic carbocycles. The van der Waals surface area contributed by atoms with E-state index in [4.69, 9.17) is 0 Å². The Labute approximate surface area is 67.1 Å². The first-order valence-electron chi connectivity index (χ1n) is 4.71. The predicted molar refractivity (Wildman–Crippen MR) is 43.0 cm³/mol. The van der Waals surface area contributed by atoms with E-state index in [1.165, 1.54) is 12.8 Å². The van der Waals surface area contributed by atoms with Crippen LogP contribution in [0.2, 0.25) is 0 Å². The van der Waals surface area contributed by atoms with Crippen LogP contribution in [0.25, 0.3) is 0 Å². The topological polar surface area (TPSA) is 20.2 Å². The van der Waals surface area contributed by atoms with E-state index in [0.29, 0.717) is 5.92 Å². The Morgan fingerprint density at radius 1 is 1.18 bits per heavy atom. The first-order valence-corrected chi connectivity index (χ1v) is 4.71. The summed E-state index contributed by atoms with van der Waals surface area (Å²) in [5.74, 6) is 3.16. The molecule has 0 heterocycles. The summed E-state index contributed by atoms with van der Waals surface area (Å²) >= 11 is 0. The van der Waals surface area contributed by atoms with Crippen LogP contribution >= 0.6 is 0 Å². The fourth-order valence-electron chi connectivity index (χ4n) is 3.51. The van der Waals surface area contributed by atoms with Crippen LogP contribution in [-0.4, -0.2) is 11.2 Å². The minimum absolute atomic E-state index is 0.0315. The van der Waals surface area contributed by atoms with Crippen molar-refractivity contribution in [3.05, 3.63) is 12.2 Å². The Hall–Kier alpha value is -0.300. The SMILES string of the molecule is OC1C[C@@H]2C[C@H]1[C@@H]1C=CC[C@@H]21. The molecule has 0 radical (unpaired) electrons. The fourth-order valence-corrected chi connectivity index (χ4v) is 3.51. The Balaban J connectivity index is 1.94. The average Bonchev–Trinajstić information content (AvgIpc) is 2.52. The summed E-state index contributed by atoms with van der Waals surface area (Å²) in [7, 11) is 0. The van der Waals surface area contributed by atoms with Crippen LogP contribution in [0.5, 0.6) is 0 Å². The number of aliphatic hydroxyl groups is 1. The normalized spacial score (nSPS) is 58.8. The first kappa shape index (κ1) is 6.24. The van der Waals surface area contributed by atoms with Crippen molar-refractivity contribution < 1.29 is 5.11 Å². The first-order chi connectivity index (χ1) is 5.36. The number of allylic oxidation sites excluding steroid dienone is 2. The van der Waals surface area contributed by atoms with E-state index >= 15 is 0 Å². The highest BCUT2D eigenvalue weighted by Crippen LogP contribution is 2.56. The molecule has 3 aliphatic rings. The van der Waals surface area contributed by atoms with Gasteiger partial charge in [-0.3, -0.25) is 0 Å². The molecule has 1 unspecified atom stereocenters. The maximum Gasteiger partial charge on any atom is 0.0577 e. The van der Waals surface area contributed by atoms with Gasteiger partial charge in [-0.05, 0) is 42.9 Å². The number of fused-ring (bicyclic) bond motifs is 5. The molecule has 0 spiro atoms. The van der Waals surface area contributed by atoms with Gasteiger partial charge in [-0.1, -0.05) is 12.2 Å². The van der Waals surface area contributed by atoms with E-state index in [-0.39, 0.29) is 6.10 Å². The molecule has 3 aliphatic carbocycles. The van der Waals surface area contributed by atoms with E-state index < -0.39 is 0 Å². The smallest absolute Gasteiger partial charge is 0.0577 e. The van der Waals surface area contributed by atoms with Crippen LogP contribution in [0.1, 0.15) is 19.3 Å². The molecule has 3 rings (SSSR count). The van der Waals surface area contributed by atoms with Crippen molar-refractivity contribution in [2.24, 2.45) is 23.7 Å². The van der Waals surface area contributed by atoms with Crippen molar-refractivity contribution in [1.82, 2.24) is 0 Å². The van der Waals surface area contributed by atoms with Crippen LogP contribution in [0.4, 0.5) is 0 Å². The van der Waals surface area contributed by atoms with Crippen LogP contribution in [-0.2, 0) is 0 Å². The Kier molecular flexibility index (Phi) is 1.07. The number of hydrogen-bond acceptors (Lipinski definition) is 1. The number of rotatable bonds is 0. The molecule has 1 nitrogen and oxygen atoms in total. The molecule has 0 aromatic rings. The van der Waals surface area contributed by atoms with Gasteiger partial charge in [0.1, 0.15) is 0 Å². The van der Waals surface area contributed by atoms with Crippen molar-refractivity contribution in [3.8, 4) is 0 Å². The van der Waals surface area contributed by atoms with Gasteiger partial charge in [-0.15, -0.1) is 0 Å². The molecule has 2 fully saturated rings. The Morgan fingerprint density at radius 2 is 2.09 bits per heavy atom. The zero-order valence-electron chi connectivity index (χ0n) is 6.61. The average molecular weight is 150 g/mol. The molecule has 1 heteroatoms. The molecule has 0 saturated heterocycles. The molecule has 1 N–H and O–H groups in total. The third kappa shape index (κ3) is 0.652. The largest absolute Gasteiger partial charge is 0.393 e. The summed E-state index contributed by atoms with van der Waals surface area (Å²) in [6.45, 7) is 0. The zero-order chi connectivity index (χ0) is 7.42. The summed E-state index contributed by atoms with van der Waals surface area (Å²) in [4.78, 5) is 0. The van der Waals surface area contributed by atoms with Crippen LogP contribution in [0, 0.1) is 23.7 Å². The van der Waals surface area contributed by atoms with E-state index in [9.17, 15) is 5.11 Å². The highest BCUT2D eigenvalue weighted by Gasteiger charge is 2.51. The van der Waals surface area contributed by atoms with Gasteiger partial charge in [0.15, 0.2) is 0 Å². The summed E-state index contributed by atoms with van der Waals surface area (Å²) < 4.78 is 0. The molecule has 2 bridgehead atoms. The molecular weight excluding hydrogens is 136 g/mol. The quantitative estimate of drug-likeness (QED) is 0.520. The van der Waals surface area contributed by atoms with E-state index in [1.54, 1.807) is 0 Å². The Bertz CT molecular complexity index is 209. The lowest BCUT2D eigenvalue weighted by atomic mass is 9.80. The summed E-state index contributed by atoms with van der Waals surface area (Å²) in [5, 5.41) is 9.63. The zero-order valence-corrected chi connectivity index (χ0v) is 6.61. The second-order valence-corrected chi connectivity index (χ2v) is 4.37. The summed E-state index contributed by atoms with van der Waals surface area (Å²) in [6.07, 6.45) is 8.38. The Morgan fingerprint density at radius 3 is 3.00 bits per heavy atom. The lowest BCUT2D eigenvalue weighted by Gasteiger charge is -2.27. The monoisotopic (exact) mass is 150 g/mol. The molecule has 0 aromatic heterocycles. The van der Waals surface area contributed by atoms with Crippen molar-refractivity contribution in [1.29, 1.82) is 0 Å². The van der Waals surface area contributed by atoms with Crippen molar-refractivity contribution in [2.45, 2.75) is 25.4 Å². The minimum atomic E-state index is 0.0315. The van der Waals surface area contributed by atoms with Gasteiger partial charge >= 0.3 is 0 Å². The third-order valence-electron chi connectivity index (χ3n) is 3.97. The van der Waals surface area contributed by atoms with Gasteiger partial charge in [0.2, 0.25) is 0 Å². The maximum absolute atomic E-state index is 9.63. The summed E-state index contributed by atoms with van der Waals surface area (Å²) in [6, 6.07) is 0. The number of aliphatic hydroxyl groups excluding tert-OH is 1. The highest BCUT2D eigenvalue weighted by atomic mass is 16.3. The van der Waals surface area contributed by atoms with Crippen molar-refractivity contribution in [2.75, 3.05) is 0 Å². The van der Waals surface area contributed by atoms with Gasteiger partial charge in [0, 0.05) is 0 Å². The van der Waals surface area contributed by atoms with E-state index in [0.717, 1.165) is 24.2 Å².